The number of carbonyl (C=O) groups is 2. The first-order valence-corrected chi connectivity index (χ1v) is 7.85. The highest BCUT2D eigenvalue weighted by molar-refractivity contribution is 6.20. The van der Waals surface area contributed by atoms with E-state index in [1.807, 2.05) is 18.2 Å². The average Bonchev–Trinajstić information content (AvgIpc) is 2.82. The maximum atomic E-state index is 13.0. The zero-order chi connectivity index (χ0) is 16.2. The fourth-order valence-corrected chi connectivity index (χ4v) is 3.39. The number of carbonyl (C=O) groups excluding carboxylic acids is 2. The molecular weight excluding hydrogens is 302 g/mol. The first-order chi connectivity index (χ1) is 10.6. The normalized spacial score (nSPS) is 24.4. The Labute approximate surface area is 135 Å². The van der Waals surface area contributed by atoms with Crippen molar-refractivity contribution in [3.8, 4) is 0 Å². The highest BCUT2D eigenvalue weighted by Gasteiger charge is 2.60. The number of halogens is 1. The molecule has 5 heteroatoms. The van der Waals surface area contributed by atoms with E-state index in [-0.39, 0.29) is 24.3 Å². The van der Waals surface area contributed by atoms with Crippen LogP contribution in [0.1, 0.15) is 12.5 Å². The minimum atomic E-state index is -1.36. The highest BCUT2D eigenvalue weighted by atomic mass is 35.5. The van der Waals surface area contributed by atoms with Gasteiger partial charge in [-0.25, -0.2) is 0 Å². The van der Waals surface area contributed by atoms with Crippen molar-refractivity contribution in [3.05, 3.63) is 48.6 Å². The van der Waals surface area contributed by atoms with Crippen molar-refractivity contribution in [2.24, 2.45) is 5.92 Å². The zero-order valence-corrected chi connectivity index (χ0v) is 13.4. The lowest BCUT2D eigenvalue weighted by Crippen LogP contribution is -2.49. The van der Waals surface area contributed by atoms with Crippen molar-refractivity contribution in [2.75, 3.05) is 25.6 Å². The molecule has 1 fully saturated rings. The number of likely N-dealkylation sites (tertiary alicyclic amines) is 1. The highest BCUT2D eigenvalue weighted by Crippen LogP contribution is 2.42. The molecule has 118 valence electrons. The summed E-state index contributed by atoms with van der Waals surface area (Å²) in [6.45, 7) is 6.42. The van der Waals surface area contributed by atoms with E-state index >= 15 is 0 Å². The van der Waals surface area contributed by atoms with Crippen LogP contribution in [-0.4, -0.2) is 42.4 Å². The van der Waals surface area contributed by atoms with Crippen LogP contribution in [0.3, 0.4) is 0 Å². The monoisotopic (exact) mass is 321 g/mol. The first kappa shape index (κ1) is 16.6. The molecule has 4 nitrogen and oxygen atoms in total. The van der Waals surface area contributed by atoms with Gasteiger partial charge in [0.15, 0.2) is 5.41 Å². The molecule has 1 heterocycles. The van der Waals surface area contributed by atoms with Crippen LogP contribution >= 0.6 is 11.6 Å². The van der Waals surface area contributed by atoms with E-state index in [4.69, 9.17) is 16.3 Å². The lowest BCUT2D eigenvalue weighted by molar-refractivity contribution is -0.156. The molecule has 0 radical (unpaired) electrons. The van der Waals surface area contributed by atoms with E-state index in [0.29, 0.717) is 18.7 Å². The topological polar surface area (TPSA) is 46.6 Å². The quantitative estimate of drug-likeness (QED) is 0.350. The molecule has 1 amide bonds. The Hall–Kier alpha value is -1.81. The molecule has 0 bridgehead atoms. The number of alkyl halides is 1. The Bertz CT molecular complexity index is 560. The average molecular weight is 322 g/mol. The molecule has 2 atom stereocenters. The Morgan fingerprint density at radius 1 is 1.50 bits per heavy atom. The second-order valence-electron chi connectivity index (χ2n) is 5.24. The van der Waals surface area contributed by atoms with Crippen LogP contribution in [0.2, 0.25) is 0 Å². The van der Waals surface area contributed by atoms with Crippen molar-refractivity contribution in [2.45, 2.75) is 12.3 Å². The van der Waals surface area contributed by atoms with Crippen molar-refractivity contribution in [1.29, 1.82) is 0 Å². The van der Waals surface area contributed by atoms with Crippen LogP contribution in [0.4, 0.5) is 0 Å². The summed E-state index contributed by atoms with van der Waals surface area (Å²) in [5, 5.41) is 0. The van der Waals surface area contributed by atoms with Crippen LogP contribution in [0.25, 0.3) is 0 Å². The summed E-state index contributed by atoms with van der Waals surface area (Å²) in [5.74, 6) is -0.915. The number of nitrogens with zero attached hydrogens (tertiary/aromatic N) is 1. The van der Waals surface area contributed by atoms with Gasteiger partial charge in [0.2, 0.25) is 5.91 Å². The minimum Gasteiger partial charge on any atom is -0.465 e. The molecule has 0 aliphatic carbocycles. The van der Waals surface area contributed by atoms with Gasteiger partial charge in [-0.2, -0.15) is 0 Å². The number of hydrogen-bond acceptors (Lipinski definition) is 3. The fraction of sp³-hybridized carbons (Fsp3) is 0.412. The van der Waals surface area contributed by atoms with Crippen LogP contribution in [0.15, 0.2) is 43.0 Å². The summed E-state index contributed by atoms with van der Waals surface area (Å²) in [6, 6.07) is 9.03. The molecule has 0 unspecified atom stereocenters. The maximum absolute atomic E-state index is 13.0. The smallest absolute Gasteiger partial charge is 0.326 e. The molecule has 1 aliphatic rings. The number of rotatable bonds is 6. The summed E-state index contributed by atoms with van der Waals surface area (Å²) < 4.78 is 5.24. The van der Waals surface area contributed by atoms with Crippen molar-refractivity contribution in [3.63, 3.8) is 0 Å². The van der Waals surface area contributed by atoms with Crippen LogP contribution in [0, 0.1) is 5.92 Å². The number of hydrogen-bond donors (Lipinski definition) is 0. The van der Waals surface area contributed by atoms with Gasteiger partial charge < -0.3 is 9.64 Å². The van der Waals surface area contributed by atoms with Gasteiger partial charge >= 0.3 is 5.97 Å². The van der Waals surface area contributed by atoms with Gasteiger partial charge in [0.1, 0.15) is 0 Å². The largest absolute Gasteiger partial charge is 0.465 e. The van der Waals surface area contributed by atoms with Gasteiger partial charge in [-0.15, -0.1) is 18.2 Å². The van der Waals surface area contributed by atoms with Crippen LogP contribution in [0.5, 0.6) is 0 Å². The SMILES string of the molecule is C=CCN1C[C@H](CCl)[C@](C(=O)OCC)(c2ccccc2)C1=O. The summed E-state index contributed by atoms with van der Waals surface area (Å²) in [5.41, 5.74) is -0.724. The van der Waals surface area contributed by atoms with Crippen molar-refractivity contribution < 1.29 is 14.3 Å². The molecule has 0 spiro atoms. The molecule has 1 aromatic rings. The van der Waals surface area contributed by atoms with Gasteiger partial charge in [0.05, 0.1) is 6.61 Å². The third-order valence-corrected chi connectivity index (χ3v) is 4.41. The zero-order valence-electron chi connectivity index (χ0n) is 12.6. The maximum Gasteiger partial charge on any atom is 0.326 e. The van der Waals surface area contributed by atoms with Crippen molar-refractivity contribution >= 4 is 23.5 Å². The van der Waals surface area contributed by atoms with Gasteiger partial charge in [0.25, 0.3) is 0 Å². The molecule has 1 aromatic carbocycles. The molecule has 1 aliphatic heterocycles. The Kier molecular flexibility index (Phi) is 5.24. The van der Waals surface area contributed by atoms with Crippen molar-refractivity contribution in [1.82, 2.24) is 4.90 Å². The second kappa shape index (κ2) is 6.97. The predicted molar refractivity (Wildman–Crippen MR) is 85.7 cm³/mol. The second-order valence-corrected chi connectivity index (χ2v) is 5.55. The fourth-order valence-electron chi connectivity index (χ4n) is 3.06. The summed E-state index contributed by atoms with van der Waals surface area (Å²) in [7, 11) is 0. The predicted octanol–water partition coefficient (Wildman–Crippen LogP) is 2.37. The lowest BCUT2D eigenvalue weighted by atomic mass is 9.72. The molecule has 0 saturated carbocycles. The van der Waals surface area contributed by atoms with E-state index < -0.39 is 11.4 Å². The van der Waals surface area contributed by atoms with Gasteiger partial charge in [-0.3, -0.25) is 9.59 Å². The number of ether oxygens (including phenoxy) is 1. The lowest BCUT2D eigenvalue weighted by Gasteiger charge is -2.30. The third kappa shape index (κ3) is 2.52. The Morgan fingerprint density at radius 3 is 2.73 bits per heavy atom. The number of amides is 1. The van der Waals surface area contributed by atoms with Crippen LogP contribution < -0.4 is 0 Å². The molecular formula is C17H20ClNO3. The standard InChI is InChI=1S/C17H20ClNO3/c1-3-10-19-12-14(11-18)17(15(19)20,16(21)22-4-2)13-8-6-5-7-9-13/h3,5-9,14H,1,4,10-12H2,2H3/t14-,17+/m0/s1. The van der Waals surface area contributed by atoms with E-state index in [0.717, 1.165) is 0 Å². The third-order valence-electron chi connectivity index (χ3n) is 4.04. The molecule has 0 N–H and O–H groups in total. The Morgan fingerprint density at radius 2 is 2.18 bits per heavy atom. The van der Waals surface area contributed by atoms with E-state index in [9.17, 15) is 9.59 Å². The van der Waals surface area contributed by atoms with Gasteiger partial charge in [-0.05, 0) is 12.5 Å². The summed E-state index contributed by atoms with van der Waals surface area (Å²) in [4.78, 5) is 27.4. The molecule has 22 heavy (non-hydrogen) atoms. The molecule has 1 saturated heterocycles. The van der Waals surface area contributed by atoms with Gasteiger partial charge in [0, 0.05) is 24.9 Å². The van der Waals surface area contributed by atoms with E-state index in [1.54, 1.807) is 30.0 Å². The van der Waals surface area contributed by atoms with E-state index in [1.165, 1.54) is 0 Å². The molecule has 2 rings (SSSR count). The van der Waals surface area contributed by atoms with Gasteiger partial charge in [-0.1, -0.05) is 36.4 Å². The van der Waals surface area contributed by atoms with E-state index in [2.05, 4.69) is 6.58 Å². The minimum absolute atomic E-state index is 0.201. The summed E-state index contributed by atoms with van der Waals surface area (Å²) >= 11 is 6.10. The first-order valence-electron chi connectivity index (χ1n) is 7.31. The Balaban J connectivity index is 2.58. The molecule has 0 aromatic heterocycles. The number of esters is 1. The van der Waals surface area contributed by atoms with Crippen LogP contribution in [-0.2, 0) is 19.7 Å². The summed E-state index contributed by atoms with van der Waals surface area (Å²) in [6.07, 6.45) is 1.65. The number of benzene rings is 1.